The first kappa shape index (κ1) is 20.3. The number of hydrogen-bond donors (Lipinski definition) is 0. The van der Waals surface area contributed by atoms with Crippen LogP contribution in [0.15, 0.2) is 46.9 Å². The molecule has 0 radical (unpaired) electrons. The molecule has 156 valence electrons. The summed E-state index contributed by atoms with van der Waals surface area (Å²) in [6.07, 6.45) is 0. The summed E-state index contributed by atoms with van der Waals surface area (Å²) in [4.78, 5) is 16.5. The lowest BCUT2D eigenvalue weighted by molar-refractivity contribution is 0.0548. The highest BCUT2D eigenvalue weighted by Crippen LogP contribution is 2.26. The Bertz CT molecular complexity index is 1030. The predicted octanol–water partition coefficient (Wildman–Crippen LogP) is 4.30. The van der Waals surface area contributed by atoms with Gasteiger partial charge in [-0.05, 0) is 35.9 Å². The number of benzene rings is 2. The molecule has 0 aliphatic carbocycles. The number of carbonyl (C=O) groups excluding carboxylic acids is 1. The molecule has 7 nitrogen and oxygen atoms in total. The van der Waals surface area contributed by atoms with Gasteiger partial charge in [0.05, 0.1) is 24.8 Å². The molecule has 1 fully saturated rings. The molecule has 1 saturated heterocycles. The second-order valence-corrected chi connectivity index (χ2v) is 7.30. The number of urea groups is 1. The number of aryl methyl sites for hydroxylation is 1. The summed E-state index contributed by atoms with van der Waals surface area (Å²) in [6.45, 7) is 4.00. The highest BCUT2D eigenvalue weighted by Gasteiger charge is 2.25. The predicted molar refractivity (Wildman–Crippen MR) is 110 cm³/mol. The Labute approximate surface area is 178 Å². The van der Waals surface area contributed by atoms with E-state index in [0.29, 0.717) is 50.3 Å². The highest BCUT2D eigenvalue weighted by atomic mass is 35.5. The van der Waals surface area contributed by atoms with Gasteiger partial charge in [0.25, 0.3) is 0 Å². The summed E-state index contributed by atoms with van der Waals surface area (Å²) in [5.74, 6) is 0.397. The maximum absolute atomic E-state index is 13.7. The molecule has 0 atom stereocenters. The zero-order valence-corrected chi connectivity index (χ0v) is 17.1. The first-order valence-corrected chi connectivity index (χ1v) is 9.88. The van der Waals surface area contributed by atoms with Crippen molar-refractivity contribution in [3.05, 3.63) is 64.8 Å². The van der Waals surface area contributed by atoms with Gasteiger partial charge in [-0.1, -0.05) is 23.7 Å². The Morgan fingerprint density at radius 1 is 1.17 bits per heavy atom. The third-order valence-corrected chi connectivity index (χ3v) is 5.08. The molecule has 0 saturated carbocycles. The van der Waals surface area contributed by atoms with Crippen LogP contribution < -0.4 is 4.90 Å². The van der Waals surface area contributed by atoms with Crippen LogP contribution in [0, 0.1) is 12.7 Å². The number of amides is 2. The largest absolute Gasteiger partial charge is 0.421 e. The topological polar surface area (TPSA) is 71.7 Å². The average Bonchev–Trinajstić information content (AvgIpc) is 3.21. The molecular weight excluding hydrogens is 411 g/mol. The number of aromatic nitrogens is 2. The van der Waals surface area contributed by atoms with Crippen molar-refractivity contribution in [3.8, 4) is 11.5 Å². The first-order valence-electron chi connectivity index (χ1n) is 9.50. The summed E-state index contributed by atoms with van der Waals surface area (Å²) < 4.78 is 24.5. The van der Waals surface area contributed by atoms with Gasteiger partial charge in [0.15, 0.2) is 0 Å². The lowest BCUT2D eigenvalue weighted by Gasteiger charge is -2.33. The molecule has 2 amide bonds. The van der Waals surface area contributed by atoms with Crippen molar-refractivity contribution in [1.82, 2.24) is 15.1 Å². The Hall–Kier alpha value is -2.97. The maximum Gasteiger partial charge on any atom is 0.324 e. The minimum absolute atomic E-state index is 0.0330. The molecule has 0 unspecified atom stereocenters. The van der Waals surface area contributed by atoms with Crippen molar-refractivity contribution in [1.29, 1.82) is 0 Å². The Kier molecular flexibility index (Phi) is 5.96. The van der Waals surface area contributed by atoms with E-state index in [4.69, 9.17) is 20.8 Å². The summed E-state index contributed by atoms with van der Waals surface area (Å²) in [7, 11) is 0. The number of halogens is 2. The number of rotatable bonds is 4. The van der Waals surface area contributed by atoms with Gasteiger partial charge in [-0.2, -0.15) is 0 Å². The number of morpholine rings is 1. The van der Waals surface area contributed by atoms with E-state index in [1.54, 1.807) is 22.8 Å². The van der Waals surface area contributed by atoms with Crippen LogP contribution >= 0.6 is 11.6 Å². The second-order valence-electron chi connectivity index (χ2n) is 6.89. The molecule has 0 bridgehead atoms. The smallest absolute Gasteiger partial charge is 0.324 e. The number of nitrogens with zero attached hydrogens (tertiary/aromatic N) is 4. The highest BCUT2D eigenvalue weighted by molar-refractivity contribution is 6.31. The van der Waals surface area contributed by atoms with E-state index < -0.39 is 5.82 Å². The monoisotopic (exact) mass is 430 g/mol. The molecule has 2 aromatic carbocycles. The summed E-state index contributed by atoms with van der Waals surface area (Å²) in [5.41, 5.74) is 2.20. The van der Waals surface area contributed by atoms with Crippen molar-refractivity contribution in [3.63, 3.8) is 0 Å². The van der Waals surface area contributed by atoms with E-state index in [0.717, 1.165) is 11.1 Å². The molecule has 9 heteroatoms. The number of anilines is 1. The van der Waals surface area contributed by atoms with Gasteiger partial charge >= 0.3 is 6.03 Å². The third kappa shape index (κ3) is 4.44. The normalized spacial score (nSPS) is 14.0. The van der Waals surface area contributed by atoms with Crippen molar-refractivity contribution in [2.24, 2.45) is 0 Å². The molecule has 0 N–H and O–H groups in total. The molecule has 0 spiro atoms. The second kappa shape index (κ2) is 8.81. The van der Waals surface area contributed by atoms with Gasteiger partial charge in [-0.25, -0.2) is 9.18 Å². The van der Waals surface area contributed by atoms with Gasteiger partial charge < -0.3 is 14.1 Å². The quantitative estimate of drug-likeness (QED) is 0.617. The van der Waals surface area contributed by atoms with E-state index >= 15 is 0 Å². The Morgan fingerprint density at radius 3 is 2.53 bits per heavy atom. The van der Waals surface area contributed by atoms with Crippen LogP contribution in [-0.2, 0) is 11.3 Å². The van der Waals surface area contributed by atoms with Crippen molar-refractivity contribution in [2.75, 3.05) is 31.2 Å². The Morgan fingerprint density at radius 2 is 1.90 bits per heavy atom. The van der Waals surface area contributed by atoms with E-state index in [-0.39, 0.29) is 11.1 Å². The molecule has 1 aliphatic heterocycles. The van der Waals surface area contributed by atoms with Crippen LogP contribution in [0.2, 0.25) is 5.02 Å². The molecule has 4 rings (SSSR count). The fourth-order valence-electron chi connectivity index (χ4n) is 3.20. The molecule has 30 heavy (non-hydrogen) atoms. The van der Waals surface area contributed by atoms with Gasteiger partial charge in [0, 0.05) is 31.3 Å². The number of ether oxygens (including phenoxy) is 1. The van der Waals surface area contributed by atoms with E-state index in [1.807, 2.05) is 24.3 Å². The molecular formula is C21H20ClFN4O3. The van der Waals surface area contributed by atoms with Gasteiger partial charge in [0.2, 0.25) is 11.8 Å². The fourth-order valence-corrected chi connectivity index (χ4v) is 3.37. The first-order chi connectivity index (χ1) is 14.5. The Balaban J connectivity index is 1.60. The minimum Gasteiger partial charge on any atom is -0.421 e. The molecule has 1 aromatic heterocycles. The van der Waals surface area contributed by atoms with Crippen LogP contribution in [0.4, 0.5) is 14.9 Å². The van der Waals surface area contributed by atoms with Crippen molar-refractivity contribution in [2.45, 2.75) is 13.5 Å². The fraction of sp³-hybridized carbons (Fsp3) is 0.286. The summed E-state index contributed by atoms with van der Waals surface area (Å²) >= 11 is 5.97. The van der Waals surface area contributed by atoms with Gasteiger partial charge in [-0.3, -0.25) is 4.90 Å². The van der Waals surface area contributed by atoms with Gasteiger partial charge in [-0.15, -0.1) is 10.2 Å². The van der Waals surface area contributed by atoms with Crippen molar-refractivity contribution >= 4 is 23.3 Å². The lowest BCUT2D eigenvalue weighted by atomic mass is 10.1. The molecule has 3 aromatic rings. The van der Waals surface area contributed by atoms with E-state index in [9.17, 15) is 9.18 Å². The van der Waals surface area contributed by atoms with Crippen LogP contribution in [0.1, 0.15) is 11.5 Å². The zero-order valence-electron chi connectivity index (χ0n) is 16.3. The minimum atomic E-state index is -0.529. The number of carbonyl (C=O) groups is 1. The zero-order chi connectivity index (χ0) is 21.1. The van der Waals surface area contributed by atoms with Crippen LogP contribution in [0.5, 0.6) is 0 Å². The number of hydrogen-bond acceptors (Lipinski definition) is 5. The van der Waals surface area contributed by atoms with Crippen LogP contribution in [0.3, 0.4) is 0 Å². The SMILES string of the molecule is Cc1nnc(-c2ccc(CN(C(=O)N3CCOCC3)c3ccc(F)c(Cl)c3)cc2)o1. The average molecular weight is 431 g/mol. The third-order valence-electron chi connectivity index (χ3n) is 4.79. The van der Waals surface area contributed by atoms with Crippen LogP contribution in [-0.4, -0.2) is 47.4 Å². The summed E-state index contributed by atoms with van der Waals surface area (Å²) in [6, 6.07) is 11.6. The lowest BCUT2D eigenvalue weighted by Crippen LogP contribution is -2.48. The standard InChI is InChI=1S/C21H20ClFN4O3/c1-14-24-25-20(30-14)16-4-2-15(3-5-16)13-27(17-6-7-19(23)18(22)12-17)21(28)26-8-10-29-11-9-26/h2-7,12H,8-11,13H2,1H3. The molecule has 1 aliphatic rings. The molecule has 2 heterocycles. The van der Waals surface area contributed by atoms with Crippen molar-refractivity contribution < 1.29 is 18.3 Å². The van der Waals surface area contributed by atoms with Crippen LogP contribution in [0.25, 0.3) is 11.5 Å². The van der Waals surface area contributed by atoms with E-state index in [1.165, 1.54) is 12.1 Å². The van der Waals surface area contributed by atoms with Gasteiger partial charge in [0.1, 0.15) is 5.82 Å². The van der Waals surface area contributed by atoms with E-state index in [2.05, 4.69) is 10.2 Å². The maximum atomic E-state index is 13.7. The summed E-state index contributed by atoms with van der Waals surface area (Å²) in [5, 5.41) is 7.81.